The molecule has 0 radical (unpaired) electrons. The molecule has 1 N–H and O–H groups in total. The van der Waals surface area contributed by atoms with E-state index < -0.39 is 0 Å². The van der Waals surface area contributed by atoms with Crippen LogP contribution in [0.1, 0.15) is 32.5 Å². The van der Waals surface area contributed by atoms with Gasteiger partial charge in [-0.2, -0.15) is 0 Å². The van der Waals surface area contributed by atoms with E-state index in [4.69, 9.17) is 0 Å². The average Bonchev–Trinajstić information content (AvgIpc) is 2.85. The van der Waals surface area contributed by atoms with E-state index in [1.165, 1.54) is 12.8 Å². The lowest BCUT2D eigenvalue weighted by atomic mass is 9.81. The molecule has 0 aliphatic carbocycles. The number of hydrogen-bond donors (Lipinski definition) is 1. The van der Waals surface area contributed by atoms with Gasteiger partial charge in [0.1, 0.15) is 12.2 Å². The van der Waals surface area contributed by atoms with Gasteiger partial charge in [-0.3, -0.25) is 4.90 Å². The van der Waals surface area contributed by atoms with Gasteiger partial charge in [0.25, 0.3) is 0 Å². The van der Waals surface area contributed by atoms with E-state index >= 15 is 0 Å². The first-order valence-corrected chi connectivity index (χ1v) is 6.96. The van der Waals surface area contributed by atoms with Crippen LogP contribution in [0.25, 0.3) is 0 Å². The van der Waals surface area contributed by atoms with Crippen molar-refractivity contribution < 1.29 is 0 Å². The summed E-state index contributed by atoms with van der Waals surface area (Å²) in [4.78, 5) is 2.52. The summed E-state index contributed by atoms with van der Waals surface area (Å²) in [6.45, 7) is 9.89. The van der Waals surface area contributed by atoms with Crippen LogP contribution in [0.2, 0.25) is 0 Å². The van der Waals surface area contributed by atoms with Crippen molar-refractivity contribution >= 4 is 0 Å². The highest BCUT2D eigenvalue weighted by Crippen LogP contribution is 2.28. The maximum absolute atomic E-state index is 4.19. The van der Waals surface area contributed by atoms with Gasteiger partial charge in [-0.15, -0.1) is 10.2 Å². The van der Waals surface area contributed by atoms with E-state index in [2.05, 4.69) is 38.8 Å². The Morgan fingerprint density at radius 1 is 1.33 bits per heavy atom. The molecule has 5 heteroatoms. The molecule has 0 saturated carbocycles. The number of hydrogen-bond acceptors (Lipinski definition) is 4. The predicted molar refractivity (Wildman–Crippen MR) is 72.2 cm³/mol. The molecule has 0 unspecified atom stereocenters. The highest BCUT2D eigenvalue weighted by atomic mass is 15.3. The Hall–Kier alpha value is -0.940. The van der Waals surface area contributed by atoms with Crippen LogP contribution in [0, 0.1) is 5.41 Å². The quantitative estimate of drug-likeness (QED) is 0.823. The zero-order chi connectivity index (χ0) is 13.0. The SMILES string of the molecule is CCC(CC)(CNC)CN1CCn2cnnc2C1. The van der Waals surface area contributed by atoms with Gasteiger partial charge in [0.05, 0.1) is 6.54 Å². The lowest BCUT2D eigenvalue weighted by molar-refractivity contribution is 0.112. The van der Waals surface area contributed by atoms with Crippen LogP contribution >= 0.6 is 0 Å². The molecule has 5 nitrogen and oxygen atoms in total. The fourth-order valence-corrected chi connectivity index (χ4v) is 2.88. The first-order valence-electron chi connectivity index (χ1n) is 6.96. The molecule has 1 aliphatic rings. The van der Waals surface area contributed by atoms with Crippen molar-refractivity contribution in [2.24, 2.45) is 5.41 Å². The van der Waals surface area contributed by atoms with Crippen LogP contribution in [0.4, 0.5) is 0 Å². The van der Waals surface area contributed by atoms with Crippen molar-refractivity contribution in [2.75, 3.05) is 26.7 Å². The molecule has 0 fully saturated rings. The summed E-state index contributed by atoms with van der Waals surface area (Å²) < 4.78 is 2.16. The minimum Gasteiger partial charge on any atom is -0.319 e. The molecule has 1 aromatic heterocycles. The topological polar surface area (TPSA) is 46.0 Å². The molecule has 102 valence electrons. The third-order valence-corrected chi connectivity index (χ3v) is 4.33. The van der Waals surface area contributed by atoms with Crippen molar-refractivity contribution in [2.45, 2.75) is 39.8 Å². The van der Waals surface area contributed by atoms with Gasteiger partial charge in [0.15, 0.2) is 0 Å². The van der Waals surface area contributed by atoms with Crippen LogP contribution in [-0.4, -0.2) is 46.3 Å². The van der Waals surface area contributed by atoms with Crippen molar-refractivity contribution in [3.63, 3.8) is 0 Å². The Labute approximate surface area is 110 Å². The molecule has 0 atom stereocenters. The fraction of sp³-hybridized carbons (Fsp3) is 0.846. The van der Waals surface area contributed by atoms with Crippen molar-refractivity contribution in [3.8, 4) is 0 Å². The number of aromatic nitrogens is 3. The van der Waals surface area contributed by atoms with E-state index in [0.717, 1.165) is 38.5 Å². The summed E-state index contributed by atoms with van der Waals surface area (Å²) in [6, 6.07) is 0. The van der Waals surface area contributed by atoms with Crippen molar-refractivity contribution in [3.05, 3.63) is 12.2 Å². The number of rotatable bonds is 6. The van der Waals surface area contributed by atoms with Crippen molar-refractivity contribution in [1.29, 1.82) is 0 Å². The molecule has 1 aliphatic heterocycles. The van der Waals surface area contributed by atoms with E-state index in [1.54, 1.807) is 0 Å². The minimum atomic E-state index is 0.386. The Bertz CT molecular complexity index is 369. The van der Waals surface area contributed by atoms with Crippen LogP contribution in [0.5, 0.6) is 0 Å². The highest BCUT2D eigenvalue weighted by Gasteiger charge is 2.30. The minimum absolute atomic E-state index is 0.386. The summed E-state index contributed by atoms with van der Waals surface area (Å²) in [6.07, 6.45) is 4.27. The van der Waals surface area contributed by atoms with Crippen LogP contribution in [0.3, 0.4) is 0 Å². The second kappa shape index (κ2) is 5.80. The molecular formula is C13H25N5. The molecule has 18 heavy (non-hydrogen) atoms. The second-order valence-electron chi connectivity index (χ2n) is 5.39. The molecular weight excluding hydrogens is 226 g/mol. The maximum Gasteiger partial charge on any atom is 0.147 e. The molecule has 0 bridgehead atoms. The van der Waals surface area contributed by atoms with Gasteiger partial charge in [-0.05, 0) is 25.3 Å². The average molecular weight is 251 g/mol. The highest BCUT2D eigenvalue weighted by molar-refractivity contribution is 4.92. The number of nitrogens with zero attached hydrogens (tertiary/aromatic N) is 4. The molecule has 0 amide bonds. The van der Waals surface area contributed by atoms with Gasteiger partial charge < -0.3 is 9.88 Å². The first kappa shape index (κ1) is 13.5. The predicted octanol–water partition coefficient (Wildman–Crippen LogP) is 1.12. The molecule has 0 aromatic carbocycles. The largest absolute Gasteiger partial charge is 0.319 e. The summed E-state index contributed by atoms with van der Waals surface area (Å²) in [5, 5.41) is 11.5. The number of nitrogens with one attached hydrogen (secondary N) is 1. The third-order valence-electron chi connectivity index (χ3n) is 4.33. The van der Waals surface area contributed by atoms with Crippen LogP contribution in [0.15, 0.2) is 6.33 Å². The van der Waals surface area contributed by atoms with Crippen LogP contribution in [-0.2, 0) is 13.1 Å². The Morgan fingerprint density at radius 2 is 2.11 bits per heavy atom. The summed E-state index contributed by atoms with van der Waals surface area (Å²) in [5.41, 5.74) is 0.386. The van der Waals surface area contributed by atoms with E-state index in [0.29, 0.717) is 5.41 Å². The molecule has 0 saturated heterocycles. The van der Waals surface area contributed by atoms with Gasteiger partial charge in [-0.25, -0.2) is 0 Å². The first-order chi connectivity index (χ1) is 8.73. The Kier molecular flexibility index (Phi) is 4.35. The monoisotopic (exact) mass is 251 g/mol. The molecule has 2 heterocycles. The van der Waals surface area contributed by atoms with Gasteiger partial charge in [0.2, 0.25) is 0 Å². The Balaban J connectivity index is 2.01. The van der Waals surface area contributed by atoms with E-state index in [-0.39, 0.29) is 0 Å². The molecule has 0 spiro atoms. The smallest absolute Gasteiger partial charge is 0.147 e. The summed E-state index contributed by atoms with van der Waals surface area (Å²) in [7, 11) is 2.05. The van der Waals surface area contributed by atoms with Crippen LogP contribution < -0.4 is 5.32 Å². The van der Waals surface area contributed by atoms with E-state index in [9.17, 15) is 0 Å². The zero-order valence-electron chi connectivity index (χ0n) is 11.8. The molecule has 1 aromatic rings. The van der Waals surface area contributed by atoms with Gasteiger partial charge in [0, 0.05) is 26.2 Å². The summed E-state index contributed by atoms with van der Waals surface area (Å²) >= 11 is 0. The van der Waals surface area contributed by atoms with Crippen molar-refractivity contribution in [1.82, 2.24) is 25.0 Å². The molecule has 2 rings (SSSR count). The number of fused-ring (bicyclic) bond motifs is 1. The Morgan fingerprint density at radius 3 is 2.78 bits per heavy atom. The third kappa shape index (κ3) is 2.72. The van der Waals surface area contributed by atoms with E-state index in [1.807, 2.05) is 13.4 Å². The fourth-order valence-electron chi connectivity index (χ4n) is 2.88. The zero-order valence-corrected chi connectivity index (χ0v) is 11.8. The normalized spacial score (nSPS) is 16.8. The maximum atomic E-state index is 4.19. The lowest BCUT2D eigenvalue weighted by Crippen LogP contribution is -2.45. The van der Waals surface area contributed by atoms with Gasteiger partial charge in [-0.1, -0.05) is 13.8 Å². The van der Waals surface area contributed by atoms with Gasteiger partial charge >= 0.3 is 0 Å². The second-order valence-corrected chi connectivity index (χ2v) is 5.39. The standard InChI is InChI=1S/C13H25N5/c1-4-13(5-2,9-14-3)10-17-6-7-18-11-15-16-12(18)8-17/h11,14H,4-10H2,1-3H3. The lowest BCUT2D eigenvalue weighted by Gasteiger charge is -2.38. The summed E-state index contributed by atoms with van der Waals surface area (Å²) in [5.74, 6) is 1.10.